The second-order valence-corrected chi connectivity index (χ2v) is 6.23. The molecule has 2 aliphatic rings. The van der Waals surface area contributed by atoms with Gasteiger partial charge in [0, 0.05) is 5.69 Å². The molecule has 1 aromatic carbocycles. The van der Waals surface area contributed by atoms with Crippen molar-refractivity contribution in [3.05, 3.63) is 28.3 Å². The van der Waals surface area contributed by atoms with Crippen molar-refractivity contribution in [1.82, 2.24) is 5.32 Å². The van der Waals surface area contributed by atoms with Crippen LogP contribution in [0.15, 0.2) is 6.07 Å². The van der Waals surface area contributed by atoms with Gasteiger partial charge in [-0.25, -0.2) is 0 Å². The van der Waals surface area contributed by atoms with Crippen molar-refractivity contribution < 1.29 is 0 Å². The second kappa shape index (κ2) is 4.27. The third-order valence-electron chi connectivity index (χ3n) is 4.54. The van der Waals surface area contributed by atoms with E-state index in [0.29, 0.717) is 0 Å². The maximum Gasteiger partial charge on any atom is 0.0821 e. The van der Waals surface area contributed by atoms with Gasteiger partial charge in [0.15, 0.2) is 0 Å². The van der Waals surface area contributed by atoms with Crippen molar-refractivity contribution in [3.8, 4) is 0 Å². The lowest BCUT2D eigenvalue weighted by Crippen LogP contribution is -2.44. The zero-order valence-electron chi connectivity index (χ0n) is 11.8. The topological polar surface area (TPSA) is 24.1 Å². The standard InChI is InChI=1S/C16H24N2/c1-16(2,17-3)18-15-13-8-4-6-11(13)10-12-7-5-9-14(12)15/h10,17-18H,4-9H2,1-3H3. The van der Waals surface area contributed by atoms with E-state index in [1.807, 2.05) is 7.05 Å². The summed E-state index contributed by atoms with van der Waals surface area (Å²) in [5, 5.41) is 7.12. The molecular weight excluding hydrogens is 220 g/mol. The molecule has 0 atom stereocenters. The van der Waals surface area contributed by atoms with Gasteiger partial charge in [0.1, 0.15) is 0 Å². The number of hydrogen-bond donors (Lipinski definition) is 2. The maximum absolute atomic E-state index is 3.76. The lowest BCUT2D eigenvalue weighted by molar-refractivity contribution is 0.484. The number of rotatable bonds is 3. The summed E-state index contributed by atoms with van der Waals surface area (Å²) in [5.74, 6) is 0. The van der Waals surface area contributed by atoms with E-state index in [0.717, 1.165) is 0 Å². The van der Waals surface area contributed by atoms with Crippen LogP contribution in [-0.2, 0) is 25.7 Å². The van der Waals surface area contributed by atoms with E-state index in [9.17, 15) is 0 Å². The van der Waals surface area contributed by atoms with Crippen LogP contribution in [0.3, 0.4) is 0 Å². The van der Waals surface area contributed by atoms with E-state index in [1.165, 1.54) is 44.2 Å². The van der Waals surface area contributed by atoms with Gasteiger partial charge in [-0.2, -0.15) is 0 Å². The molecule has 0 heterocycles. The third-order valence-corrected chi connectivity index (χ3v) is 4.54. The molecule has 0 fully saturated rings. The zero-order valence-corrected chi connectivity index (χ0v) is 11.8. The molecule has 0 bridgehead atoms. The lowest BCUT2D eigenvalue weighted by atomic mass is 9.97. The summed E-state index contributed by atoms with van der Waals surface area (Å²) in [6, 6.07) is 2.49. The number of fused-ring (bicyclic) bond motifs is 2. The van der Waals surface area contributed by atoms with Gasteiger partial charge in [-0.05, 0) is 81.7 Å². The highest BCUT2D eigenvalue weighted by atomic mass is 15.2. The monoisotopic (exact) mass is 244 g/mol. The van der Waals surface area contributed by atoms with Gasteiger partial charge < -0.3 is 5.32 Å². The summed E-state index contributed by atoms with van der Waals surface area (Å²) >= 11 is 0. The predicted octanol–water partition coefficient (Wildman–Crippen LogP) is 3.03. The highest BCUT2D eigenvalue weighted by Crippen LogP contribution is 2.39. The molecule has 2 N–H and O–H groups in total. The minimum absolute atomic E-state index is 0.0337. The Morgan fingerprint density at radius 2 is 1.50 bits per heavy atom. The Kier molecular flexibility index (Phi) is 2.86. The smallest absolute Gasteiger partial charge is 0.0821 e. The van der Waals surface area contributed by atoms with Crippen LogP contribution in [0.1, 0.15) is 48.9 Å². The average Bonchev–Trinajstić information content (AvgIpc) is 2.96. The summed E-state index contributed by atoms with van der Waals surface area (Å²) in [5.41, 5.74) is 7.82. The first-order chi connectivity index (χ1) is 8.61. The van der Waals surface area contributed by atoms with E-state index >= 15 is 0 Å². The Morgan fingerprint density at radius 1 is 0.944 bits per heavy atom. The molecule has 0 saturated carbocycles. The molecular formula is C16H24N2. The van der Waals surface area contributed by atoms with Gasteiger partial charge in [0.2, 0.25) is 0 Å². The first-order valence-electron chi connectivity index (χ1n) is 7.24. The molecule has 0 unspecified atom stereocenters. The fraction of sp³-hybridized carbons (Fsp3) is 0.625. The first-order valence-corrected chi connectivity index (χ1v) is 7.24. The van der Waals surface area contributed by atoms with E-state index in [2.05, 4.69) is 30.5 Å². The van der Waals surface area contributed by atoms with Crippen LogP contribution in [0.5, 0.6) is 0 Å². The van der Waals surface area contributed by atoms with Gasteiger partial charge in [-0.15, -0.1) is 0 Å². The van der Waals surface area contributed by atoms with Crippen molar-refractivity contribution in [3.63, 3.8) is 0 Å². The van der Waals surface area contributed by atoms with Gasteiger partial charge in [0.05, 0.1) is 5.66 Å². The molecule has 0 radical (unpaired) electrons. The van der Waals surface area contributed by atoms with Crippen molar-refractivity contribution >= 4 is 5.69 Å². The molecule has 0 aromatic heterocycles. The molecule has 3 rings (SSSR count). The zero-order chi connectivity index (χ0) is 12.8. The molecule has 18 heavy (non-hydrogen) atoms. The quantitative estimate of drug-likeness (QED) is 0.799. The normalized spacial score (nSPS) is 17.7. The fourth-order valence-corrected chi connectivity index (χ4v) is 3.34. The van der Waals surface area contributed by atoms with Crippen molar-refractivity contribution in [1.29, 1.82) is 0 Å². The molecule has 0 amide bonds. The molecule has 2 heteroatoms. The van der Waals surface area contributed by atoms with Crippen LogP contribution >= 0.6 is 0 Å². The maximum atomic E-state index is 3.76. The van der Waals surface area contributed by atoms with Gasteiger partial charge in [-0.3, -0.25) is 5.32 Å². The van der Waals surface area contributed by atoms with Crippen LogP contribution < -0.4 is 10.6 Å². The molecule has 2 nitrogen and oxygen atoms in total. The minimum Gasteiger partial charge on any atom is -0.367 e. The number of aryl methyl sites for hydroxylation is 2. The third kappa shape index (κ3) is 1.93. The summed E-state index contributed by atoms with van der Waals surface area (Å²) in [7, 11) is 2.02. The van der Waals surface area contributed by atoms with E-state index in [1.54, 1.807) is 22.3 Å². The molecule has 0 spiro atoms. The van der Waals surface area contributed by atoms with Crippen molar-refractivity contribution in [2.24, 2.45) is 0 Å². The lowest BCUT2D eigenvalue weighted by Gasteiger charge is -2.30. The van der Waals surface area contributed by atoms with Gasteiger partial charge in [0.25, 0.3) is 0 Å². The molecule has 0 saturated heterocycles. The van der Waals surface area contributed by atoms with Crippen molar-refractivity contribution in [2.45, 2.75) is 58.0 Å². The number of hydrogen-bond acceptors (Lipinski definition) is 2. The Hall–Kier alpha value is -1.02. The Morgan fingerprint density at radius 3 is 2.00 bits per heavy atom. The SMILES string of the molecule is CNC(C)(C)Nc1c2c(cc3c1CCC3)CCC2. The number of benzene rings is 1. The second-order valence-electron chi connectivity index (χ2n) is 6.23. The average molecular weight is 244 g/mol. The summed E-state index contributed by atoms with van der Waals surface area (Å²) in [6.45, 7) is 4.42. The number of anilines is 1. The van der Waals surface area contributed by atoms with E-state index in [4.69, 9.17) is 0 Å². The van der Waals surface area contributed by atoms with Crippen LogP contribution in [-0.4, -0.2) is 12.7 Å². The minimum atomic E-state index is -0.0337. The van der Waals surface area contributed by atoms with Crippen LogP contribution in [0, 0.1) is 0 Å². The molecule has 98 valence electrons. The Balaban J connectivity index is 2.07. The van der Waals surface area contributed by atoms with Crippen LogP contribution in [0.2, 0.25) is 0 Å². The van der Waals surface area contributed by atoms with Gasteiger partial charge in [-0.1, -0.05) is 6.07 Å². The van der Waals surface area contributed by atoms with Crippen LogP contribution in [0.4, 0.5) is 5.69 Å². The number of nitrogens with one attached hydrogen (secondary N) is 2. The van der Waals surface area contributed by atoms with Crippen LogP contribution in [0.25, 0.3) is 0 Å². The first kappa shape index (κ1) is 12.0. The predicted molar refractivity (Wildman–Crippen MR) is 77.3 cm³/mol. The summed E-state index contributed by atoms with van der Waals surface area (Å²) in [4.78, 5) is 0. The Labute approximate surface area is 110 Å². The Bertz CT molecular complexity index is 442. The molecule has 2 aliphatic carbocycles. The highest BCUT2D eigenvalue weighted by molar-refractivity contribution is 5.66. The molecule has 1 aromatic rings. The van der Waals surface area contributed by atoms with Crippen molar-refractivity contribution in [2.75, 3.05) is 12.4 Å². The molecule has 0 aliphatic heterocycles. The highest BCUT2D eigenvalue weighted by Gasteiger charge is 2.26. The summed E-state index contributed by atoms with van der Waals surface area (Å²) < 4.78 is 0. The van der Waals surface area contributed by atoms with E-state index < -0.39 is 0 Å². The fourth-order valence-electron chi connectivity index (χ4n) is 3.34. The van der Waals surface area contributed by atoms with E-state index in [-0.39, 0.29) is 5.66 Å². The van der Waals surface area contributed by atoms with Gasteiger partial charge >= 0.3 is 0 Å². The largest absolute Gasteiger partial charge is 0.367 e. The summed E-state index contributed by atoms with van der Waals surface area (Å²) in [6.07, 6.45) is 7.71.